The number of nitrogens with zero attached hydrogens (tertiary/aromatic N) is 1. The number of carbonyl (C=O) groups excluding carboxylic acids is 1. The van der Waals surface area contributed by atoms with Gasteiger partial charge in [-0.15, -0.1) is 0 Å². The highest BCUT2D eigenvalue weighted by molar-refractivity contribution is 6.39. The van der Waals surface area contributed by atoms with Crippen molar-refractivity contribution in [2.75, 3.05) is 18.8 Å². The average Bonchev–Trinajstić information content (AvgIpc) is 2.83. The Morgan fingerprint density at radius 3 is 2.63 bits per heavy atom. The summed E-state index contributed by atoms with van der Waals surface area (Å²) >= 11 is 11.9. The molecule has 1 aromatic rings. The lowest BCUT2D eigenvalue weighted by Crippen LogP contribution is -2.28. The van der Waals surface area contributed by atoms with Gasteiger partial charge in [-0.25, -0.2) is 0 Å². The van der Waals surface area contributed by atoms with E-state index >= 15 is 0 Å². The van der Waals surface area contributed by atoms with Crippen LogP contribution < -0.4 is 5.73 Å². The summed E-state index contributed by atoms with van der Waals surface area (Å²) in [6.07, 6.45) is 3.41. The molecular weight excluding hydrogens is 283 g/mol. The van der Waals surface area contributed by atoms with Crippen molar-refractivity contribution in [1.29, 1.82) is 0 Å². The second-order valence-corrected chi connectivity index (χ2v) is 5.86. The first kappa shape index (κ1) is 14.5. The maximum absolute atomic E-state index is 12.4. The number of rotatable bonds is 3. The second-order valence-electron chi connectivity index (χ2n) is 5.05. The third-order valence-corrected chi connectivity index (χ3v) is 4.22. The largest absolute Gasteiger partial charge is 0.396 e. The van der Waals surface area contributed by atoms with E-state index in [1.165, 1.54) is 6.42 Å². The minimum atomic E-state index is -0.0117. The second kappa shape index (κ2) is 6.02. The van der Waals surface area contributed by atoms with Crippen LogP contribution in [0.1, 0.15) is 36.5 Å². The number of anilines is 1. The topological polar surface area (TPSA) is 46.3 Å². The van der Waals surface area contributed by atoms with E-state index in [0.717, 1.165) is 25.9 Å². The molecule has 0 bridgehead atoms. The van der Waals surface area contributed by atoms with Crippen molar-refractivity contribution in [3.05, 3.63) is 27.7 Å². The van der Waals surface area contributed by atoms with E-state index < -0.39 is 0 Å². The summed E-state index contributed by atoms with van der Waals surface area (Å²) in [4.78, 5) is 14.3. The molecule has 1 aliphatic rings. The third-order valence-electron chi connectivity index (χ3n) is 3.60. The first-order chi connectivity index (χ1) is 9.02. The Hall–Kier alpha value is -0.930. The van der Waals surface area contributed by atoms with Gasteiger partial charge in [0.2, 0.25) is 0 Å². The summed E-state index contributed by atoms with van der Waals surface area (Å²) in [5.74, 6) is 0.607. The lowest BCUT2D eigenvalue weighted by Gasteiger charge is -2.17. The maximum Gasteiger partial charge on any atom is 0.253 e. The molecule has 0 saturated carbocycles. The van der Waals surface area contributed by atoms with Gasteiger partial charge in [-0.3, -0.25) is 4.79 Å². The number of nitrogens with two attached hydrogens (primary N) is 1. The molecule has 1 fully saturated rings. The molecule has 1 atom stereocenters. The molecule has 1 unspecified atom stereocenters. The summed E-state index contributed by atoms with van der Waals surface area (Å²) in [7, 11) is 0. The van der Waals surface area contributed by atoms with E-state index in [1.54, 1.807) is 12.1 Å². The monoisotopic (exact) mass is 300 g/mol. The van der Waals surface area contributed by atoms with E-state index in [4.69, 9.17) is 28.9 Å². The van der Waals surface area contributed by atoms with Crippen LogP contribution in [0.3, 0.4) is 0 Å². The fraction of sp³-hybridized carbons (Fsp3) is 0.500. The molecule has 1 aliphatic heterocycles. The lowest BCUT2D eigenvalue weighted by atomic mass is 10.0. The quantitative estimate of drug-likeness (QED) is 0.862. The number of nitrogen functional groups attached to an aromatic ring is 1. The molecule has 0 aromatic heterocycles. The summed E-state index contributed by atoms with van der Waals surface area (Å²) < 4.78 is 0. The highest BCUT2D eigenvalue weighted by Crippen LogP contribution is 2.30. The normalized spacial score (nSPS) is 18.9. The van der Waals surface area contributed by atoms with Crippen LogP contribution >= 0.6 is 23.2 Å². The number of hydrogen-bond donors (Lipinski definition) is 1. The summed E-state index contributed by atoms with van der Waals surface area (Å²) in [5.41, 5.74) is 6.52. The SMILES string of the molecule is CCCC1CCN(C(=O)c2cc(Cl)c(N)c(Cl)c2)C1. The van der Waals surface area contributed by atoms with Crippen molar-refractivity contribution < 1.29 is 4.79 Å². The lowest BCUT2D eigenvalue weighted by molar-refractivity contribution is 0.0786. The van der Waals surface area contributed by atoms with Crippen LogP contribution in [0.15, 0.2) is 12.1 Å². The zero-order valence-electron chi connectivity index (χ0n) is 11.0. The molecule has 2 N–H and O–H groups in total. The summed E-state index contributed by atoms with van der Waals surface area (Å²) in [6, 6.07) is 3.19. The average molecular weight is 301 g/mol. The molecule has 0 radical (unpaired) electrons. The molecule has 19 heavy (non-hydrogen) atoms. The van der Waals surface area contributed by atoms with Crippen LogP contribution in [0.25, 0.3) is 0 Å². The molecule has 1 amide bonds. The fourth-order valence-electron chi connectivity index (χ4n) is 2.55. The van der Waals surface area contributed by atoms with Crippen LogP contribution in [-0.4, -0.2) is 23.9 Å². The molecule has 0 aliphatic carbocycles. The Morgan fingerprint density at radius 1 is 1.42 bits per heavy atom. The molecule has 1 aromatic carbocycles. The number of amides is 1. The van der Waals surface area contributed by atoms with Crippen molar-refractivity contribution in [3.8, 4) is 0 Å². The number of hydrogen-bond acceptors (Lipinski definition) is 2. The Labute approximate surface area is 123 Å². The Kier molecular flexibility index (Phi) is 4.58. The van der Waals surface area contributed by atoms with Gasteiger partial charge in [-0.1, -0.05) is 36.5 Å². The molecule has 0 spiro atoms. The van der Waals surface area contributed by atoms with Gasteiger partial charge in [0.1, 0.15) is 0 Å². The van der Waals surface area contributed by atoms with Crippen LogP contribution in [0, 0.1) is 5.92 Å². The molecule has 104 valence electrons. The van der Waals surface area contributed by atoms with Gasteiger partial charge in [0, 0.05) is 18.7 Å². The van der Waals surface area contributed by atoms with Gasteiger partial charge in [0.25, 0.3) is 5.91 Å². The molecule has 2 rings (SSSR count). The van der Waals surface area contributed by atoms with Crippen LogP contribution in [0.4, 0.5) is 5.69 Å². The summed E-state index contributed by atoms with van der Waals surface area (Å²) in [6.45, 7) is 3.80. The third kappa shape index (κ3) is 3.15. The van der Waals surface area contributed by atoms with Gasteiger partial charge < -0.3 is 10.6 Å². The van der Waals surface area contributed by atoms with Crippen LogP contribution in [0.2, 0.25) is 10.0 Å². The van der Waals surface area contributed by atoms with E-state index in [9.17, 15) is 4.79 Å². The van der Waals surface area contributed by atoms with Gasteiger partial charge in [-0.05, 0) is 30.9 Å². The Balaban J connectivity index is 2.13. The van der Waals surface area contributed by atoms with Crippen molar-refractivity contribution in [2.45, 2.75) is 26.2 Å². The van der Waals surface area contributed by atoms with Gasteiger partial charge >= 0.3 is 0 Å². The highest BCUT2D eigenvalue weighted by atomic mass is 35.5. The fourth-order valence-corrected chi connectivity index (χ4v) is 3.04. The van der Waals surface area contributed by atoms with Crippen molar-refractivity contribution in [3.63, 3.8) is 0 Å². The Bertz CT molecular complexity index is 467. The predicted molar refractivity (Wildman–Crippen MR) is 79.8 cm³/mol. The number of carbonyl (C=O) groups is 1. The van der Waals surface area contributed by atoms with Crippen LogP contribution in [0.5, 0.6) is 0 Å². The van der Waals surface area contributed by atoms with E-state index in [-0.39, 0.29) is 5.91 Å². The Morgan fingerprint density at radius 2 is 2.05 bits per heavy atom. The number of benzene rings is 1. The van der Waals surface area contributed by atoms with Crippen LogP contribution in [-0.2, 0) is 0 Å². The van der Waals surface area contributed by atoms with Gasteiger partial charge in [-0.2, -0.15) is 0 Å². The zero-order chi connectivity index (χ0) is 14.0. The number of likely N-dealkylation sites (tertiary alicyclic amines) is 1. The first-order valence-electron chi connectivity index (χ1n) is 6.56. The maximum atomic E-state index is 12.4. The first-order valence-corrected chi connectivity index (χ1v) is 7.32. The van der Waals surface area contributed by atoms with E-state index in [0.29, 0.717) is 27.2 Å². The minimum absolute atomic E-state index is 0.0117. The molecule has 1 heterocycles. The van der Waals surface area contributed by atoms with Crippen molar-refractivity contribution in [2.24, 2.45) is 5.92 Å². The standard InChI is InChI=1S/C14H18Cl2N2O/c1-2-3-9-4-5-18(8-9)14(19)10-6-11(15)13(17)12(16)7-10/h6-7,9H,2-5,8,17H2,1H3. The predicted octanol–water partition coefficient (Wildman–Crippen LogP) is 3.84. The molecular formula is C14H18Cl2N2O. The van der Waals surface area contributed by atoms with Crippen molar-refractivity contribution >= 4 is 34.8 Å². The van der Waals surface area contributed by atoms with Crippen molar-refractivity contribution in [1.82, 2.24) is 4.90 Å². The van der Waals surface area contributed by atoms with E-state index in [1.807, 2.05) is 4.90 Å². The molecule has 1 saturated heterocycles. The smallest absolute Gasteiger partial charge is 0.253 e. The number of halogens is 2. The zero-order valence-corrected chi connectivity index (χ0v) is 12.5. The van der Waals surface area contributed by atoms with E-state index in [2.05, 4.69) is 6.92 Å². The minimum Gasteiger partial charge on any atom is -0.396 e. The molecule has 5 heteroatoms. The summed E-state index contributed by atoms with van der Waals surface area (Å²) in [5, 5.41) is 0.667. The molecule has 3 nitrogen and oxygen atoms in total. The highest BCUT2D eigenvalue weighted by Gasteiger charge is 2.26. The van der Waals surface area contributed by atoms with Gasteiger partial charge in [0.05, 0.1) is 15.7 Å². The van der Waals surface area contributed by atoms with Gasteiger partial charge in [0.15, 0.2) is 0 Å².